The average molecular weight is 346 g/mol. The van der Waals surface area contributed by atoms with E-state index in [2.05, 4.69) is 5.10 Å². The molecule has 6 heteroatoms. The van der Waals surface area contributed by atoms with E-state index >= 15 is 0 Å². The van der Waals surface area contributed by atoms with Gasteiger partial charge in [-0.15, -0.1) is 0 Å². The summed E-state index contributed by atoms with van der Waals surface area (Å²) in [5, 5.41) is 4.69. The van der Waals surface area contributed by atoms with E-state index in [0.717, 1.165) is 51.1 Å². The fraction of sp³-hybridized carbons (Fsp3) is 0.444. The normalized spacial score (nSPS) is 19.8. The first-order valence-corrected chi connectivity index (χ1v) is 8.78. The van der Waals surface area contributed by atoms with Crippen molar-refractivity contribution >= 4 is 17.5 Å². The predicted octanol–water partition coefficient (Wildman–Crippen LogP) is 3.31. The van der Waals surface area contributed by atoms with Crippen molar-refractivity contribution < 1.29 is 9.53 Å². The number of aromatic nitrogens is 2. The summed E-state index contributed by atoms with van der Waals surface area (Å²) in [5.41, 5.74) is 1.38. The Morgan fingerprint density at radius 1 is 1.25 bits per heavy atom. The van der Waals surface area contributed by atoms with Crippen molar-refractivity contribution in [2.45, 2.75) is 31.3 Å². The van der Waals surface area contributed by atoms with Gasteiger partial charge in [0.1, 0.15) is 0 Å². The molecule has 1 amide bonds. The minimum absolute atomic E-state index is 0.0114. The molecule has 5 nitrogen and oxygen atoms in total. The van der Waals surface area contributed by atoms with Crippen molar-refractivity contribution in [3.05, 3.63) is 47.2 Å². The van der Waals surface area contributed by atoms with Crippen LogP contribution in [0.3, 0.4) is 0 Å². The van der Waals surface area contributed by atoms with Crippen molar-refractivity contribution in [3.63, 3.8) is 0 Å². The van der Waals surface area contributed by atoms with E-state index in [4.69, 9.17) is 16.3 Å². The van der Waals surface area contributed by atoms with E-state index in [0.29, 0.717) is 10.6 Å². The van der Waals surface area contributed by atoms with E-state index in [-0.39, 0.29) is 11.5 Å². The van der Waals surface area contributed by atoms with Gasteiger partial charge in [0.2, 0.25) is 0 Å². The summed E-state index contributed by atoms with van der Waals surface area (Å²) in [4.78, 5) is 14.8. The molecule has 2 saturated heterocycles. The van der Waals surface area contributed by atoms with Crippen LogP contribution in [-0.4, -0.2) is 45.9 Å². The number of nitrogens with zero attached hydrogens (tertiary/aromatic N) is 3. The van der Waals surface area contributed by atoms with Crippen LogP contribution in [0.4, 0.5) is 0 Å². The van der Waals surface area contributed by atoms with E-state index in [1.807, 2.05) is 29.3 Å². The number of amides is 1. The Morgan fingerprint density at radius 3 is 2.75 bits per heavy atom. The number of piperidine rings is 1. The van der Waals surface area contributed by atoms with E-state index < -0.39 is 0 Å². The molecule has 1 aromatic heterocycles. The first kappa shape index (κ1) is 15.7. The predicted molar refractivity (Wildman–Crippen MR) is 91.6 cm³/mol. The van der Waals surface area contributed by atoms with Crippen molar-refractivity contribution in [2.75, 3.05) is 19.7 Å². The van der Waals surface area contributed by atoms with Gasteiger partial charge in [0.25, 0.3) is 5.91 Å². The number of rotatable bonds is 2. The molecule has 0 bridgehead atoms. The molecule has 0 saturated carbocycles. The van der Waals surface area contributed by atoms with Crippen LogP contribution < -0.4 is 0 Å². The summed E-state index contributed by atoms with van der Waals surface area (Å²) in [6.07, 6.45) is 7.63. The molecule has 0 radical (unpaired) electrons. The van der Waals surface area contributed by atoms with Crippen molar-refractivity contribution in [1.29, 1.82) is 0 Å². The van der Waals surface area contributed by atoms with Gasteiger partial charge < -0.3 is 9.64 Å². The average Bonchev–Trinajstić information content (AvgIpc) is 3.28. The summed E-state index contributed by atoms with van der Waals surface area (Å²) in [6, 6.07) is 7.29. The molecule has 0 aliphatic carbocycles. The molecule has 1 spiro atoms. The van der Waals surface area contributed by atoms with Crippen LogP contribution in [-0.2, 0) is 4.74 Å². The lowest BCUT2D eigenvalue weighted by Gasteiger charge is -2.38. The number of benzene rings is 1. The molecule has 0 atom stereocenters. The quantitative estimate of drug-likeness (QED) is 0.839. The second-order valence-corrected chi connectivity index (χ2v) is 6.95. The molecule has 2 aromatic rings. The van der Waals surface area contributed by atoms with E-state index in [1.54, 1.807) is 16.9 Å². The van der Waals surface area contributed by atoms with Crippen LogP contribution in [0.15, 0.2) is 36.7 Å². The fourth-order valence-electron chi connectivity index (χ4n) is 3.68. The number of halogens is 1. The van der Waals surface area contributed by atoms with Crippen LogP contribution >= 0.6 is 11.6 Å². The Hall–Kier alpha value is -1.85. The Labute approximate surface area is 146 Å². The summed E-state index contributed by atoms with van der Waals surface area (Å²) in [7, 11) is 0. The molecular weight excluding hydrogens is 326 g/mol. The largest absolute Gasteiger partial charge is 0.375 e. The van der Waals surface area contributed by atoms with Gasteiger partial charge >= 0.3 is 0 Å². The third-order valence-corrected chi connectivity index (χ3v) is 5.43. The monoisotopic (exact) mass is 345 g/mol. The van der Waals surface area contributed by atoms with Crippen LogP contribution in [0.5, 0.6) is 0 Å². The second kappa shape index (κ2) is 6.22. The molecule has 1 aromatic carbocycles. The zero-order valence-corrected chi connectivity index (χ0v) is 14.2. The van der Waals surface area contributed by atoms with E-state index in [1.165, 1.54) is 0 Å². The van der Waals surface area contributed by atoms with Gasteiger partial charge in [-0.25, -0.2) is 4.68 Å². The SMILES string of the molecule is O=C(c1cc(-n2cccn2)ccc1Cl)N1CCC2(CCCO2)CC1. The molecule has 2 fully saturated rings. The second-order valence-electron chi connectivity index (χ2n) is 6.54. The topological polar surface area (TPSA) is 47.4 Å². The lowest BCUT2D eigenvalue weighted by Crippen LogP contribution is -2.46. The van der Waals surface area contributed by atoms with Crippen LogP contribution in [0.2, 0.25) is 5.02 Å². The highest BCUT2D eigenvalue weighted by atomic mass is 35.5. The van der Waals surface area contributed by atoms with Crippen LogP contribution in [0, 0.1) is 0 Å². The molecule has 0 N–H and O–H groups in total. The van der Waals surface area contributed by atoms with Crippen LogP contribution in [0.25, 0.3) is 5.69 Å². The molecular formula is C18H20ClN3O2. The number of carbonyl (C=O) groups excluding carboxylic acids is 1. The Bertz CT molecular complexity index is 729. The Morgan fingerprint density at radius 2 is 2.08 bits per heavy atom. The van der Waals surface area contributed by atoms with Gasteiger partial charge in [-0.2, -0.15) is 5.10 Å². The fourth-order valence-corrected chi connectivity index (χ4v) is 3.88. The summed E-state index contributed by atoms with van der Waals surface area (Å²) >= 11 is 6.29. The molecule has 2 aliphatic rings. The third kappa shape index (κ3) is 2.82. The first-order valence-electron chi connectivity index (χ1n) is 8.40. The van der Waals surface area contributed by atoms with Gasteiger partial charge in [0.15, 0.2) is 0 Å². The summed E-state index contributed by atoms with van der Waals surface area (Å²) < 4.78 is 7.66. The van der Waals surface area contributed by atoms with Crippen molar-refractivity contribution in [1.82, 2.24) is 14.7 Å². The Kier molecular flexibility index (Phi) is 4.06. The highest BCUT2D eigenvalue weighted by molar-refractivity contribution is 6.33. The Balaban J connectivity index is 1.53. The number of likely N-dealkylation sites (tertiary alicyclic amines) is 1. The maximum absolute atomic E-state index is 12.9. The third-order valence-electron chi connectivity index (χ3n) is 5.10. The number of hydrogen-bond acceptors (Lipinski definition) is 3. The number of ether oxygens (including phenoxy) is 1. The maximum atomic E-state index is 12.9. The van der Waals surface area contributed by atoms with Crippen molar-refractivity contribution in [3.8, 4) is 5.69 Å². The first-order chi connectivity index (χ1) is 11.7. The standard InChI is InChI=1S/C18H20ClN3O2/c19-16-4-3-14(22-9-2-8-20-22)13-15(16)17(23)21-10-6-18(7-11-21)5-1-12-24-18/h2-4,8-9,13H,1,5-7,10-12H2. The molecule has 24 heavy (non-hydrogen) atoms. The van der Waals surface area contributed by atoms with E-state index in [9.17, 15) is 4.79 Å². The van der Waals surface area contributed by atoms with Crippen molar-refractivity contribution in [2.24, 2.45) is 0 Å². The zero-order valence-electron chi connectivity index (χ0n) is 13.4. The number of carbonyl (C=O) groups is 1. The molecule has 2 aliphatic heterocycles. The highest BCUT2D eigenvalue weighted by Gasteiger charge is 2.39. The summed E-state index contributed by atoms with van der Waals surface area (Å²) in [6.45, 7) is 2.30. The number of hydrogen-bond donors (Lipinski definition) is 0. The zero-order chi connectivity index (χ0) is 16.6. The lowest BCUT2D eigenvalue weighted by molar-refractivity contribution is -0.0387. The molecule has 4 rings (SSSR count). The minimum atomic E-state index is -0.0122. The lowest BCUT2D eigenvalue weighted by atomic mass is 9.88. The van der Waals surface area contributed by atoms with Gasteiger partial charge in [-0.1, -0.05) is 11.6 Å². The van der Waals surface area contributed by atoms with Gasteiger partial charge in [0, 0.05) is 32.1 Å². The molecule has 3 heterocycles. The van der Waals surface area contributed by atoms with Gasteiger partial charge in [-0.05, 0) is 49.9 Å². The smallest absolute Gasteiger partial charge is 0.255 e. The van der Waals surface area contributed by atoms with Gasteiger partial charge in [0.05, 0.1) is 21.9 Å². The molecule has 126 valence electrons. The summed E-state index contributed by atoms with van der Waals surface area (Å²) in [5.74, 6) is -0.0122. The molecule has 0 unspecified atom stereocenters. The highest BCUT2D eigenvalue weighted by Crippen LogP contribution is 2.36. The minimum Gasteiger partial charge on any atom is -0.375 e. The maximum Gasteiger partial charge on any atom is 0.255 e. The van der Waals surface area contributed by atoms with Gasteiger partial charge in [-0.3, -0.25) is 4.79 Å². The van der Waals surface area contributed by atoms with Crippen LogP contribution in [0.1, 0.15) is 36.0 Å².